The highest BCUT2D eigenvalue weighted by Gasteiger charge is 2.21. The van der Waals surface area contributed by atoms with Crippen LogP contribution in [0.5, 0.6) is 0 Å². The van der Waals surface area contributed by atoms with Crippen molar-refractivity contribution in [1.82, 2.24) is 29.9 Å². The van der Waals surface area contributed by atoms with E-state index in [9.17, 15) is 0 Å². The van der Waals surface area contributed by atoms with Crippen molar-refractivity contribution in [2.45, 2.75) is 59.5 Å². The lowest BCUT2D eigenvalue weighted by atomic mass is 9.97. The molecule has 0 spiro atoms. The van der Waals surface area contributed by atoms with E-state index in [1.807, 2.05) is 6.20 Å². The van der Waals surface area contributed by atoms with E-state index in [0.717, 1.165) is 66.9 Å². The van der Waals surface area contributed by atoms with E-state index in [2.05, 4.69) is 72.8 Å². The fourth-order valence-corrected chi connectivity index (χ4v) is 4.78. The third kappa shape index (κ3) is 3.62. The minimum Gasteiger partial charge on any atom is -0.317 e. The molecule has 0 aliphatic carbocycles. The zero-order valence-corrected chi connectivity index (χ0v) is 19.5. The number of nitrogens with one attached hydrogen (secondary N) is 1. The van der Waals surface area contributed by atoms with E-state index in [4.69, 9.17) is 15.2 Å². The first-order chi connectivity index (χ1) is 15.6. The molecule has 0 bridgehead atoms. The van der Waals surface area contributed by atoms with Gasteiger partial charge in [-0.3, -0.25) is 9.36 Å². The van der Waals surface area contributed by atoms with Crippen LogP contribution in [-0.4, -0.2) is 37.6 Å². The zero-order valence-electron chi connectivity index (χ0n) is 19.5. The second-order valence-electron chi connectivity index (χ2n) is 9.03. The average molecular weight is 429 g/mol. The van der Waals surface area contributed by atoms with E-state index in [1.54, 1.807) is 0 Å². The smallest absolute Gasteiger partial charge is 0.122 e. The SMILES string of the molecule is CCCn1nc(-c2cnn(C3CCNCC3)c2)c2nc(-c3cccc(C)c3C)c(C)cc21. The summed E-state index contributed by atoms with van der Waals surface area (Å²) in [6, 6.07) is 9.16. The summed E-state index contributed by atoms with van der Waals surface area (Å²) in [6.07, 6.45) is 7.37. The molecular formula is C26H32N6. The summed E-state index contributed by atoms with van der Waals surface area (Å²) in [4.78, 5) is 5.22. The molecule has 0 unspecified atom stereocenters. The van der Waals surface area contributed by atoms with Gasteiger partial charge in [-0.05, 0) is 75.9 Å². The highest BCUT2D eigenvalue weighted by molar-refractivity contribution is 5.92. The highest BCUT2D eigenvalue weighted by Crippen LogP contribution is 2.34. The highest BCUT2D eigenvalue weighted by atomic mass is 15.3. The number of pyridine rings is 1. The Balaban J connectivity index is 1.65. The van der Waals surface area contributed by atoms with Crippen molar-refractivity contribution >= 4 is 11.0 Å². The molecule has 4 heterocycles. The quantitative estimate of drug-likeness (QED) is 0.473. The normalized spacial score (nSPS) is 15.0. The maximum Gasteiger partial charge on any atom is 0.122 e. The Bertz CT molecular complexity index is 1260. The molecule has 6 heteroatoms. The van der Waals surface area contributed by atoms with Crippen LogP contribution >= 0.6 is 0 Å². The molecule has 1 N–H and O–H groups in total. The third-order valence-corrected chi connectivity index (χ3v) is 6.77. The minimum absolute atomic E-state index is 0.453. The number of piperidine rings is 1. The Kier molecular flexibility index (Phi) is 5.55. The van der Waals surface area contributed by atoms with Gasteiger partial charge in [0.05, 0.1) is 23.4 Å². The van der Waals surface area contributed by atoms with Crippen molar-refractivity contribution in [3.05, 3.63) is 53.3 Å². The van der Waals surface area contributed by atoms with Crippen LogP contribution in [0, 0.1) is 20.8 Å². The summed E-state index contributed by atoms with van der Waals surface area (Å²) >= 11 is 0. The standard InChI is InChI=1S/C26H32N6/c1-5-13-31-23-14-18(3)24(22-8-6-7-17(2)19(22)4)29-26(23)25(30-31)20-15-28-32(16-20)21-9-11-27-12-10-21/h6-8,14-16,21,27H,5,9-13H2,1-4H3. The monoisotopic (exact) mass is 428 g/mol. The maximum atomic E-state index is 5.22. The lowest BCUT2D eigenvalue weighted by Gasteiger charge is -2.22. The van der Waals surface area contributed by atoms with E-state index < -0.39 is 0 Å². The molecule has 1 aromatic carbocycles. The summed E-state index contributed by atoms with van der Waals surface area (Å²) in [5, 5.41) is 13.2. The van der Waals surface area contributed by atoms with Gasteiger partial charge in [0.15, 0.2) is 0 Å². The topological polar surface area (TPSA) is 60.6 Å². The van der Waals surface area contributed by atoms with E-state index >= 15 is 0 Å². The number of aryl methyl sites for hydroxylation is 3. The number of hydrogen-bond acceptors (Lipinski definition) is 4. The molecule has 0 saturated carbocycles. The molecule has 32 heavy (non-hydrogen) atoms. The number of rotatable bonds is 5. The molecule has 6 nitrogen and oxygen atoms in total. The first-order valence-corrected chi connectivity index (χ1v) is 11.8. The van der Waals surface area contributed by atoms with Gasteiger partial charge in [0, 0.05) is 23.9 Å². The molecule has 0 atom stereocenters. The molecule has 1 saturated heterocycles. The van der Waals surface area contributed by atoms with Gasteiger partial charge in [0.1, 0.15) is 11.2 Å². The third-order valence-electron chi connectivity index (χ3n) is 6.77. The van der Waals surface area contributed by atoms with E-state index in [1.165, 1.54) is 22.3 Å². The molecule has 1 aliphatic rings. The van der Waals surface area contributed by atoms with Crippen molar-refractivity contribution < 1.29 is 0 Å². The van der Waals surface area contributed by atoms with Gasteiger partial charge in [-0.1, -0.05) is 25.1 Å². The lowest BCUT2D eigenvalue weighted by Crippen LogP contribution is -2.29. The first-order valence-electron chi connectivity index (χ1n) is 11.8. The fourth-order valence-electron chi connectivity index (χ4n) is 4.78. The van der Waals surface area contributed by atoms with Crippen LogP contribution in [0.4, 0.5) is 0 Å². The van der Waals surface area contributed by atoms with Gasteiger partial charge in [0.25, 0.3) is 0 Å². The van der Waals surface area contributed by atoms with Gasteiger partial charge in [-0.25, -0.2) is 4.98 Å². The Hall–Kier alpha value is -2.99. The minimum atomic E-state index is 0.453. The van der Waals surface area contributed by atoms with Crippen LogP contribution in [0.3, 0.4) is 0 Å². The Labute approximate surface area is 189 Å². The average Bonchev–Trinajstić information content (AvgIpc) is 3.42. The van der Waals surface area contributed by atoms with Crippen molar-refractivity contribution in [3.8, 4) is 22.5 Å². The molecule has 0 radical (unpaired) electrons. The second kappa shape index (κ2) is 8.51. The van der Waals surface area contributed by atoms with Crippen molar-refractivity contribution in [1.29, 1.82) is 0 Å². The predicted molar refractivity (Wildman–Crippen MR) is 130 cm³/mol. The Morgan fingerprint density at radius 2 is 1.88 bits per heavy atom. The van der Waals surface area contributed by atoms with Crippen LogP contribution in [0.15, 0.2) is 36.7 Å². The molecule has 1 fully saturated rings. The number of nitrogens with zero attached hydrogens (tertiary/aromatic N) is 5. The van der Waals surface area contributed by atoms with Gasteiger partial charge in [-0.2, -0.15) is 10.2 Å². The molecule has 3 aromatic heterocycles. The molecule has 5 rings (SSSR count). The summed E-state index contributed by atoms with van der Waals surface area (Å²) < 4.78 is 4.24. The van der Waals surface area contributed by atoms with Crippen LogP contribution in [0.2, 0.25) is 0 Å². The Morgan fingerprint density at radius 3 is 2.66 bits per heavy atom. The molecular weight excluding hydrogens is 396 g/mol. The largest absolute Gasteiger partial charge is 0.317 e. The summed E-state index contributed by atoms with van der Waals surface area (Å²) in [6.45, 7) is 11.7. The number of aromatic nitrogens is 5. The first kappa shape index (κ1) is 20.9. The predicted octanol–water partition coefficient (Wildman–Crippen LogP) is 5.22. The fraction of sp³-hybridized carbons (Fsp3) is 0.423. The van der Waals surface area contributed by atoms with Crippen molar-refractivity contribution in [2.24, 2.45) is 0 Å². The van der Waals surface area contributed by atoms with Gasteiger partial charge < -0.3 is 5.32 Å². The van der Waals surface area contributed by atoms with E-state index in [-0.39, 0.29) is 0 Å². The van der Waals surface area contributed by atoms with Crippen molar-refractivity contribution in [3.63, 3.8) is 0 Å². The number of hydrogen-bond donors (Lipinski definition) is 1. The molecule has 166 valence electrons. The van der Waals surface area contributed by atoms with Crippen LogP contribution in [0.25, 0.3) is 33.5 Å². The molecule has 1 aliphatic heterocycles. The van der Waals surface area contributed by atoms with Crippen LogP contribution in [-0.2, 0) is 6.54 Å². The van der Waals surface area contributed by atoms with Gasteiger partial charge >= 0.3 is 0 Å². The Morgan fingerprint density at radius 1 is 1.06 bits per heavy atom. The molecule has 0 amide bonds. The number of benzene rings is 1. The van der Waals surface area contributed by atoms with Gasteiger partial charge in [0.2, 0.25) is 0 Å². The lowest BCUT2D eigenvalue weighted by molar-refractivity contribution is 0.343. The van der Waals surface area contributed by atoms with Crippen molar-refractivity contribution in [2.75, 3.05) is 13.1 Å². The van der Waals surface area contributed by atoms with E-state index in [0.29, 0.717) is 6.04 Å². The van der Waals surface area contributed by atoms with Gasteiger partial charge in [-0.15, -0.1) is 0 Å². The number of fused-ring (bicyclic) bond motifs is 1. The summed E-state index contributed by atoms with van der Waals surface area (Å²) in [5.74, 6) is 0. The maximum absolute atomic E-state index is 5.22. The zero-order chi connectivity index (χ0) is 22.2. The summed E-state index contributed by atoms with van der Waals surface area (Å²) in [7, 11) is 0. The second-order valence-corrected chi connectivity index (χ2v) is 9.03. The summed E-state index contributed by atoms with van der Waals surface area (Å²) in [5.41, 5.74) is 10.0. The molecule has 4 aromatic rings. The van der Waals surface area contributed by atoms with Crippen LogP contribution < -0.4 is 5.32 Å². The van der Waals surface area contributed by atoms with Crippen LogP contribution in [0.1, 0.15) is 48.9 Å².